The van der Waals surface area contributed by atoms with Crippen LogP contribution in [-0.2, 0) is 4.79 Å². The molecule has 1 amide bonds. The van der Waals surface area contributed by atoms with Crippen LogP contribution >= 0.6 is 0 Å². The second-order valence-corrected chi connectivity index (χ2v) is 6.09. The topological polar surface area (TPSA) is 105 Å². The molecular formula is C20H19N3O4. The first-order valence-corrected chi connectivity index (χ1v) is 8.21. The Morgan fingerprint density at radius 3 is 2.44 bits per heavy atom. The van der Waals surface area contributed by atoms with Crippen molar-refractivity contribution in [3.8, 4) is 11.8 Å². The standard InChI is InChI=1S/C20H19N3O4/c1-13(2)15-6-4-14(5-7-15)10-16(12-21)20(24)22-18-9-8-17(27-3)11-19(18)23(25)26/h4-11,13H,1-3H3,(H,22,24)/b16-10+. The third-order valence-corrected chi connectivity index (χ3v) is 3.93. The van der Waals surface area contributed by atoms with Crippen LogP contribution in [-0.4, -0.2) is 17.9 Å². The molecule has 0 saturated carbocycles. The lowest BCUT2D eigenvalue weighted by atomic mass is 10.0. The Morgan fingerprint density at radius 1 is 1.26 bits per heavy atom. The van der Waals surface area contributed by atoms with E-state index in [1.807, 2.05) is 30.3 Å². The number of nitriles is 1. The Hall–Kier alpha value is -3.66. The molecule has 0 spiro atoms. The van der Waals surface area contributed by atoms with E-state index in [0.29, 0.717) is 17.2 Å². The molecule has 1 N–H and O–H groups in total. The lowest BCUT2D eigenvalue weighted by Gasteiger charge is -2.07. The van der Waals surface area contributed by atoms with Gasteiger partial charge in [0, 0.05) is 0 Å². The van der Waals surface area contributed by atoms with Gasteiger partial charge in [0.15, 0.2) is 0 Å². The van der Waals surface area contributed by atoms with Crippen LogP contribution in [0.3, 0.4) is 0 Å². The number of carbonyl (C=O) groups excluding carboxylic acids is 1. The second kappa shape index (κ2) is 8.63. The Kier molecular flexibility index (Phi) is 6.28. The summed E-state index contributed by atoms with van der Waals surface area (Å²) >= 11 is 0. The number of nitro groups is 1. The maximum absolute atomic E-state index is 12.4. The van der Waals surface area contributed by atoms with Crippen LogP contribution in [0.2, 0.25) is 0 Å². The average molecular weight is 365 g/mol. The van der Waals surface area contributed by atoms with E-state index in [1.54, 1.807) is 0 Å². The molecule has 0 heterocycles. The molecule has 0 atom stereocenters. The third kappa shape index (κ3) is 4.92. The number of rotatable bonds is 6. The summed E-state index contributed by atoms with van der Waals surface area (Å²) in [6.45, 7) is 4.14. The number of nitrogens with one attached hydrogen (secondary N) is 1. The molecule has 0 aliphatic carbocycles. The first kappa shape index (κ1) is 19.7. The van der Waals surface area contributed by atoms with Crippen LogP contribution in [0.15, 0.2) is 48.0 Å². The molecule has 0 aromatic heterocycles. The summed E-state index contributed by atoms with van der Waals surface area (Å²) in [7, 11) is 1.39. The lowest BCUT2D eigenvalue weighted by molar-refractivity contribution is -0.384. The van der Waals surface area contributed by atoms with Crippen LogP contribution in [0.4, 0.5) is 11.4 Å². The molecule has 0 aliphatic rings. The van der Waals surface area contributed by atoms with Crippen LogP contribution in [0, 0.1) is 21.4 Å². The van der Waals surface area contributed by atoms with Gasteiger partial charge in [0.25, 0.3) is 11.6 Å². The highest BCUT2D eigenvalue weighted by molar-refractivity contribution is 6.10. The smallest absolute Gasteiger partial charge is 0.296 e. The van der Waals surface area contributed by atoms with Crippen LogP contribution in [0.5, 0.6) is 5.75 Å². The third-order valence-electron chi connectivity index (χ3n) is 3.93. The van der Waals surface area contributed by atoms with E-state index in [2.05, 4.69) is 19.2 Å². The Morgan fingerprint density at radius 2 is 1.93 bits per heavy atom. The summed E-state index contributed by atoms with van der Waals surface area (Å²) in [6.07, 6.45) is 1.44. The fraction of sp³-hybridized carbons (Fsp3) is 0.200. The fourth-order valence-electron chi connectivity index (χ4n) is 2.38. The number of methoxy groups -OCH3 is 1. The van der Waals surface area contributed by atoms with Crippen molar-refractivity contribution in [1.29, 1.82) is 5.26 Å². The van der Waals surface area contributed by atoms with Gasteiger partial charge in [-0.25, -0.2) is 0 Å². The number of ether oxygens (including phenoxy) is 1. The summed E-state index contributed by atoms with van der Waals surface area (Å²) in [5.74, 6) is -0.0583. The molecule has 7 heteroatoms. The molecule has 0 saturated heterocycles. The summed E-state index contributed by atoms with van der Waals surface area (Å²) in [5.41, 5.74) is 1.35. The number of hydrogen-bond acceptors (Lipinski definition) is 5. The van der Waals surface area contributed by atoms with E-state index in [4.69, 9.17) is 4.74 Å². The van der Waals surface area contributed by atoms with Crippen molar-refractivity contribution in [2.45, 2.75) is 19.8 Å². The molecule has 0 aliphatic heterocycles. The van der Waals surface area contributed by atoms with Crippen molar-refractivity contribution in [3.63, 3.8) is 0 Å². The normalized spacial score (nSPS) is 11.0. The van der Waals surface area contributed by atoms with Gasteiger partial charge in [-0.15, -0.1) is 0 Å². The molecule has 0 radical (unpaired) electrons. The second-order valence-electron chi connectivity index (χ2n) is 6.09. The molecule has 27 heavy (non-hydrogen) atoms. The molecule has 0 fully saturated rings. The number of hydrogen-bond donors (Lipinski definition) is 1. The Bertz CT molecular complexity index is 925. The number of nitrogens with zero attached hydrogens (tertiary/aromatic N) is 2. The molecule has 0 bridgehead atoms. The van der Waals surface area contributed by atoms with Crippen molar-refractivity contribution in [1.82, 2.24) is 0 Å². The minimum atomic E-state index is -0.723. The van der Waals surface area contributed by atoms with Gasteiger partial charge in [-0.3, -0.25) is 14.9 Å². The fourth-order valence-corrected chi connectivity index (χ4v) is 2.38. The molecule has 2 aromatic carbocycles. The van der Waals surface area contributed by atoms with E-state index >= 15 is 0 Å². The monoisotopic (exact) mass is 365 g/mol. The Balaban J connectivity index is 2.27. The van der Waals surface area contributed by atoms with Gasteiger partial charge in [0.2, 0.25) is 0 Å². The summed E-state index contributed by atoms with van der Waals surface area (Å²) in [5, 5.41) is 22.9. The minimum Gasteiger partial charge on any atom is -0.496 e. The number of carbonyl (C=O) groups is 1. The van der Waals surface area contributed by atoms with Crippen LogP contribution < -0.4 is 10.1 Å². The molecular weight excluding hydrogens is 346 g/mol. The zero-order valence-corrected chi connectivity index (χ0v) is 15.2. The van der Waals surface area contributed by atoms with Gasteiger partial charge < -0.3 is 10.1 Å². The van der Waals surface area contributed by atoms with Crippen LogP contribution in [0.1, 0.15) is 30.9 Å². The zero-order valence-electron chi connectivity index (χ0n) is 15.2. The quantitative estimate of drug-likeness (QED) is 0.356. The summed E-state index contributed by atoms with van der Waals surface area (Å²) in [4.78, 5) is 23.0. The van der Waals surface area contributed by atoms with Crippen molar-refractivity contribution in [2.24, 2.45) is 0 Å². The lowest BCUT2D eigenvalue weighted by Crippen LogP contribution is -2.14. The zero-order chi connectivity index (χ0) is 20.0. The van der Waals surface area contributed by atoms with Crippen molar-refractivity contribution in [2.75, 3.05) is 12.4 Å². The maximum atomic E-state index is 12.4. The highest BCUT2D eigenvalue weighted by Crippen LogP contribution is 2.29. The van der Waals surface area contributed by atoms with Gasteiger partial charge in [0.1, 0.15) is 23.1 Å². The van der Waals surface area contributed by atoms with E-state index in [1.165, 1.54) is 31.4 Å². The predicted octanol–water partition coefficient (Wildman–Crippen LogP) is 4.27. The maximum Gasteiger partial charge on any atom is 0.296 e. The van der Waals surface area contributed by atoms with Crippen LogP contribution in [0.25, 0.3) is 6.08 Å². The Labute approximate surface area is 157 Å². The highest BCUT2D eigenvalue weighted by Gasteiger charge is 2.19. The molecule has 2 aromatic rings. The van der Waals surface area contributed by atoms with Gasteiger partial charge in [-0.05, 0) is 35.3 Å². The number of anilines is 1. The molecule has 7 nitrogen and oxygen atoms in total. The minimum absolute atomic E-state index is 0.0119. The number of amides is 1. The summed E-state index contributed by atoms with van der Waals surface area (Å²) in [6, 6.07) is 13.4. The van der Waals surface area contributed by atoms with Gasteiger partial charge in [0.05, 0.1) is 18.1 Å². The largest absolute Gasteiger partial charge is 0.496 e. The van der Waals surface area contributed by atoms with E-state index in [0.717, 1.165) is 5.56 Å². The molecule has 138 valence electrons. The van der Waals surface area contributed by atoms with Crippen molar-refractivity contribution < 1.29 is 14.5 Å². The van der Waals surface area contributed by atoms with Gasteiger partial charge >= 0.3 is 0 Å². The summed E-state index contributed by atoms with van der Waals surface area (Å²) < 4.78 is 4.96. The predicted molar refractivity (Wildman–Crippen MR) is 102 cm³/mol. The molecule has 0 unspecified atom stereocenters. The van der Waals surface area contributed by atoms with E-state index < -0.39 is 10.8 Å². The van der Waals surface area contributed by atoms with E-state index in [-0.39, 0.29) is 16.9 Å². The van der Waals surface area contributed by atoms with Crippen molar-refractivity contribution >= 4 is 23.4 Å². The van der Waals surface area contributed by atoms with Gasteiger partial charge in [-0.2, -0.15) is 5.26 Å². The van der Waals surface area contributed by atoms with E-state index in [9.17, 15) is 20.2 Å². The first-order chi connectivity index (χ1) is 12.8. The SMILES string of the molecule is COc1ccc(NC(=O)/C(C#N)=C/c2ccc(C(C)C)cc2)c([N+](=O)[O-])c1. The number of nitro benzene ring substituents is 1. The van der Waals surface area contributed by atoms with Gasteiger partial charge in [-0.1, -0.05) is 38.1 Å². The van der Waals surface area contributed by atoms with Crippen molar-refractivity contribution in [3.05, 3.63) is 69.3 Å². The first-order valence-electron chi connectivity index (χ1n) is 8.21. The highest BCUT2D eigenvalue weighted by atomic mass is 16.6. The number of benzene rings is 2. The molecule has 2 rings (SSSR count). The average Bonchev–Trinajstić information content (AvgIpc) is 2.66.